The van der Waals surface area contributed by atoms with Gasteiger partial charge in [-0.25, -0.2) is 4.79 Å². The van der Waals surface area contributed by atoms with E-state index in [9.17, 15) is 14.7 Å². The summed E-state index contributed by atoms with van der Waals surface area (Å²) < 4.78 is 6.12. The molecule has 0 spiro atoms. The van der Waals surface area contributed by atoms with Crippen LogP contribution in [-0.4, -0.2) is 46.7 Å². The molecule has 0 radical (unpaired) electrons. The Morgan fingerprint density at radius 1 is 1.10 bits per heavy atom. The van der Waals surface area contributed by atoms with Crippen molar-refractivity contribution in [2.24, 2.45) is 0 Å². The van der Waals surface area contributed by atoms with Crippen LogP contribution in [0.15, 0.2) is 54.6 Å². The standard InChI is InChI=1S/C24H30N2O4/c1-4-14-24(3)22(28)26(23(29)25-24)15-19(27)16-30-21(18-11-6-5-7-12-18)20-13-9-8-10-17(20)2/h5-13,19,21,27H,4,14-16H2,1-3H3,(H,25,29). The zero-order valence-electron chi connectivity index (χ0n) is 17.8. The first-order valence-corrected chi connectivity index (χ1v) is 10.4. The third-order valence-electron chi connectivity index (χ3n) is 5.52. The van der Waals surface area contributed by atoms with E-state index in [2.05, 4.69) is 5.32 Å². The molecule has 3 rings (SSSR count). The lowest BCUT2D eigenvalue weighted by Gasteiger charge is -2.24. The van der Waals surface area contributed by atoms with E-state index in [1.165, 1.54) is 0 Å². The van der Waals surface area contributed by atoms with Crippen molar-refractivity contribution in [2.45, 2.75) is 51.4 Å². The lowest BCUT2D eigenvalue weighted by molar-refractivity contribution is -0.132. The van der Waals surface area contributed by atoms with E-state index in [1.54, 1.807) is 6.92 Å². The number of carbonyl (C=O) groups is 2. The number of urea groups is 1. The van der Waals surface area contributed by atoms with E-state index in [4.69, 9.17) is 4.74 Å². The van der Waals surface area contributed by atoms with Gasteiger partial charge in [0.1, 0.15) is 11.6 Å². The van der Waals surface area contributed by atoms with Crippen LogP contribution >= 0.6 is 0 Å². The van der Waals surface area contributed by atoms with Gasteiger partial charge in [0.15, 0.2) is 0 Å². The Morgan fingerprint density at radius 3 is 2.43 bits per heavy atom. The average Bonchev–Trinajstić information content (AvgIpc) is 2.93. The third-order valence-corrected chi connectivity index (χ3v) is 5.52. The summed E-state index contributed by atoms with van der Waals surface area (Å²) in [4.78, 5) is 26.1. The van der Waals surface area contributed by atoms with Crippen molar-refractivity contribution in [2.75, 3.05) is 13.2 Å². The quantitative estimate of drug-likeness (QED) is 0.620. The number of benzene rings is 2. The number of nitrogens with zero attached hydrogens (tertiary/aromatic N) is 1. The minimum Gasteiger partial charge on any atom is -0.389 e. The van der Waals surface area contributed by atoms with Gasteiger partial charge in [0.05, 0.1) is 19.3 Å². The van der Waals surface area contributed by atoms with Crippen LogP contribution < -0.4 is 5.32 Å². The maximum absolute atomic E-state index is 12.7. The van der Waals surface area contributed by atoms with Crippen molar-refractivity contribution < 1.29 is 19.4 Å². The number of amides is 3. The van der Waals surface area contributed by atoms with Crippen LogP contribution in [-0.2, 0) is 9.53 Å². The number of aliphatic hydroxyl groups is 1. The Kier molecular flexibility index (Phi) is 6.90. The van der Waals surface area contributed by atoms with Crippen LogP contribution in [0.2, 0.25) is 0 Å². The first-order chi connectivity index (χ1) is 14.4. The number of carbonyl (C=O) groups excluding carboxylic acids is 2. The number of aryl methyl sites for hydroxylation is 1. The monoisotopic (exact) mass is 410 g/mol. The van der Waals surface area contributed by atoms with Crippen LogP contribution in [0.5, 0.6) is 0 Å². The average molecular weight is 411 g/mol. The number of ether oxygens (including phenoxy) is 1. The van der Waals surface area contributed by atoms with E-state index in [-0.39, 0.29) is 25.2 Å². The zero-order valence-corrected chi connectivity index (χ0v) is 17.8. The molecule has 6 nitrogen and oxygen atoms in total. The highest BCUT2D eigenvalue weighted by atomic mass is 16.5. The molecular formula is C24H30N2O4. The van der Waals surface area contributed by atoms with Crippen LogP contribution in [0.3, 0.4) is 0 Å². The Balaban J connectivity index is 1.70. The second-order valence-corrected chi connectivity index (χ2v) is 8.06. The van der Waals surface area contributed by atoms with E-state index in [0.29, 0.717) is 6.42 Å². The van der Waals surface area contributed by atoms with E-state index < -0.39 is 17.7 Å². The van der Waals surface area contributed by atoms with Gasteiger partial charge < -0.3 is 15.2 Å². The summed E-state index contributed by atoms with van der Waals surface area (Å²) in [5, 5.41) is 13.3. The summed E-state index contributed by atoms with van der Waals surface area (Å²) in [7, 11) is 0. The molecular weight excluding hydrogens is 380 g/mol. The molecule has 1 heterocycles. The van der Waals surface area contributed by atoms with Crippen molar-refractivity contribution in [1.82, 2.24) is 10.2 Å². The normalized spacial score (nSPS) is 20.9. The molecule has 0 saturated carbocycles. The molecule has 2 aromatic rings. The highest BCUT2D eigenvalue weighted by molar-refractivity contribution is 6.06. The van der Waals surface area contributed by atoms with Gasteiger partial charge in [-0.2, -0.15) is 0 Å². The molecule has 2 N–H and O–H groups in total. The highest BCUT2D eigenvalue weighted by Crippen LogP contribution is 2.29. The Bertz CT molecular complexity index is 886. The van der Waals surface area contributed by atoms with Gasteiger partial charge in [-0.3, -0.25) is 9.69 Å². The number of hydrogen-bond acceptors (Lipinski definition) is 4. The Morgan fingerprint density at radius 2 is 1.77 bits per heavy atom. The molecule has 0 aliphatic carbocycles. The van der Waals surface area contributed by atoms with Gasteiger partial charge in [0, 0.05) is 0 Å². The molecule has 1 aliphatic rings. The smallest absolute Gasteiger partial charge is 0.325 e. The summed E-state index contributed by atoms with van der Waals surface area (Å²) in [5.41, 5.74) is 2.18. The maximum atomic E-state index is 12.7. The minimum absolute atomic E-state index is 0.00452. The largest absolute Gasteiger partial charge is 0.389 e. The number of imide groups is 1. The fourth-order valence-electron chi connectivity index (χ4n) is 3.93. The van der Waals surface area contributed by atoms with Gasteiger partial charge >= 0.3 is 6.03 Å². The fourth-order valence-corrected chi connectivity index (χ4v) is 3.93. The van der Waals surface area contributed by atoms with Crippen LogP contribution in [0.4, 0.5) is 4.79 Å². The fraction of sp³-hybridized carbons (Fsp3) is 0.417. The van der Waals surface area contributed by atoms with E-state index in [0.717, 1.165) is 28.0 Å². The Labute approximate surface area is 177 Å². The molecule has 1 saturated heterocycles. The molecule has 0 bridgehead atoms. The molecule has 3 atom stereocenters. The molecule has 3 amide bonds. The van der Waals surface area contributed by atoms with Gasteiger partial charge in [-0.05, 0) is 37.0 Å². The van der Waals surface area contributed by atoms with Gasteiger partial charge in [-0.15, -0.1) is 0 Å². The number of nitrogens with one attached hydrogen (secondary N) is 1. The molecule has 1 fully saturated rings. The SMILES string of the molecule is CCCC1(C)NC(=O)N(CC(O)COC(c2ccccc2)c2ccccc2C)C1=O. The van der Waals surface area contributed by atoms with Crippen molar-refractivity contribution in [3.63, 3.8) is 0 Å². The first kappa shape index (κ1) is 22.0. The molecule has 1 aliphatic heterocycles. The Hall–Kier alpha value is -2.70. The second kappa shape index (κ2) is 9.41. The van der Waals surface area contributed by atoms with Gasteiger partial charge in [0.25, 0.3) is 5.91 Å². The van der Waals surface area contributed by atoms with Crippen LogP contribution in [0.1, 0.15) is 49.5 Å². The van der Waals surface area contributed by atoms with Gasteiger partial charge in [0.2, 0.25) is 0 Å². The predicted octanol–water partition coefficient (Wildman–Crippen LogP) is 3.57. The van der Waals surface area contributed by atoms with Crippen molar-refractivity contribution in [3.05, 3.63) is 71.3 Å². The molecule has 6 heteroatoms. The second-order valence-electron chi connectivity index (χ2n) is 8.06. The molecule has 160 valence electrons. The number of β-amino-alcohol motifs (C(OH)–C–C–N with tert-alkyl or cyclic N) is 1. The number of aliphatic hydroxyl groups excluding tert-OH is 1. The summed E-state index contributed by atoms with van der Waals surface area (Å²) >= 11 is 0. The zero-order chi connectivity index (χ0) is 21.7. The topological polar surface area (TPSA) is 78.9 Å². The number of hydrogen-bond donors (Lipinski definition) is 2. The van der Waals surface area contributed by atoms with Crippen molar-refractivity contribution in [3.8, 4) is 0 Å². The summed E-state index contributed by atoms with van der Waals surface area (Å²) in [5.74, 6) is -0.299. The maximum Gasteiger partial charge on any atom is 0.325 e. The van der Waals surface area contributed by atoms with E-state index >= 15 is 0 Å². The number of rotatable bonds is 9. The van der Waals surface area contributed by atoms with Crippen molar-refractivity contribution in [1.29, 1.82) is 0 Å². The molecule has 0 aromatic heterocycles. The lowest BCUT2D eigenvalue weighted by atomic mass is 9.96. The minimum atomic E-state index is -0.987. The molecule has 3 unspecified atom stereocenters. The first-order valence-electron chi connectivity index (χ1n) is 10.4. The van der Waals surface area contributed by atoms with Crippen LogP contribution in [0.25, 0.3) is 0 Å². The van der Waals surface area contributed by atoms with Gasteiger partial charge in [-0.1, -0.05) is 67.9 Å². The van der Waals surface area contributed by atoms with E-state index in [1.807, 2.05) is 68.4 Å². The summed E-state index contributed by atoms with van der Waals surface area (Å²) in [6.45, 7) is 5.61. The molecule has 2 aromatic carbocycles. The molecule has 30 heavy (non-hydrogen) atoms. The van der Waals surface area contributed by atoms with Crippen molar-refractivity contribution >= 4 is 11.9 Å². The highest BCUT2D eigenvalue weighted by Gasteiger charge is 2.47. The summed E-state index contributed by atoms with van der Waals surface area (Å²) in [6.07, 6.45) is -0.00394. The van der Waals surface area contributed by atoms with Crippen LogP contribution in [0, 0.1) is 6.92 Å². The summed E-state index contributed by atoms with van der Waals surface area (Å²) in [6, 6.07) is 17.3. The third kappa shape index (κ3) is 4.71. The lowest BCUT2D eigenvalue weighted by Crippen LogP contribution is -2.44. The predicted molar refractivity (Wildman–Crippen MR) is 115 cm³/mol.